The molecule has 1 rings (SSSR count). The minimum Gasteiger partial charge on any atom is -0.495 e. The maximum atomic E-state index is 8.63. The molecular weight excluding hydrogens is 236 g/mol. The van der Waals surface area contributed by atoms with Gasteiger partial charge in [-0.05, 0) is 24.3 Å². The number of nitrogens with two attached hydrogens (primary N) is 1. The van der Waals surface area contributed by atoms with Crippen molar-refractivity contribution in [3.8, 4) is 5.75 Å². The van der Waals surface area contributed by atoms with E-state index in [0.717, 1.165) is 30.2 Å². The van der Waals surface area contributed by atoms with E-state index in [2.05, 4.69) is 5.32 Å². The molecule has 0 amide bonds. The van der Waals surface area contributed by atoms with Gasteiger partial charge in [0.2, 0.25) is 0 Å². The SMILES string of the molecule is COc1cc(NCCSCCCO)ccc1N. The minimum atomic E-state index is 0.273. The van der Waals surface area contributed by atoms with Crippen LogP contribution in [0, 0.1) is 0 Å². The molecule has 0 aliphatic carbocycles. The Kier molecular flexibility index (Phi) is 6.65. The van der Waals surface area contributed by atoms with Crippen molar-refractivity contribution in [2.45, 2.75) is 6.42 Å². The zero-order valence-corrected chi connectivity index (χ0v) is 10.9. The fourth-order valence-electron chi connectivity index (χ4n) is 1.36. The molecule has 0 fully saturated rings. The smallest absolute Gasteiger partial charge is 0.143 e. The average Bonchev–Trinajstić information content (AvgIpc) is 2.35. The van der Waals surface area contributed by atoms with Gasteiger partial charge in [-0.3, -0.25) is 0 Å². The molecule has 0 saturated carbocycles. The van der Waals surface area contributed by atoms with Crippen molar-refractivity contribution in [2.75, 3.05) is 42.8 Å². The van der Waals surface area contributed by atoms with Gasteiger partial charge in [0.25, 0.3) is 0 Å². The Morgan fingerprint density at radius 3 is 2.94 bits per heavy atom. The molecule has 4 N–H and O–H groups in total. The van der Waals surface area contributed by atoms with Gasteiger partial charge in [0, 0.05) is 30.7 Å². The summed E-state index contributed by atoms with van der Waals surface area (Å²) in [5.41, 5.74) is 7.39. The summed E-state index contributed by atoms with van der Waals surface area (Å²) in [6.45, 7) is 1.17. The van der Waals surface area contributed by atoms with E-state index < -0.39 is 0 Å². The third-order valence-corrected chi connectivity index (χ3v) is 3.33. The van der Waals surface area contributed by atoms with Crippen LogP contribution in [0.2, 0.25) is 0 Å². The number of benzene rings is 1. The van der Waals surface area contributed by atoms with Gasteiger partial charge in [-0.15, -0.1) is 0 Å². The standard InChI is InChI=1S/C12H20N2O2S/c1-16-12-9-10(3-4-11(12)13)14-5-8-17-7-2-6-15/h3-4,9,14-15H,2,5-8,13H2,1H3. The van der Waals surface area contributed by atoms with E-state index in [4.69, 9.17) is 15.6 Å². The molecule has 96 valence electrons. The molecule has 0 aromatic heterocycles. The Bertz CT molecular complexity index is 334. The van der Waals surface area contributed by atoms with Crippen LogP contribution in [0.1, 0.15) is 6.42 Å². The number of aliphatic hydroxyl groups excluding tert-OH is 1. The lowest BCUT2D eigenvalue weighted by Crippen LogP contribution is -2.05. The topological polar surface area (TPSA) is 67.5 Å². The Hall–Kier alpha value is -1.07. The zero-order valence-electron chi connectivity index (χ0n) is 10.1. The molecule has 0 saturated heterocycles. The Labute approximate surface area is 107 Å². The highest BCUT2D eigenvalue weighted by Gasteiger charge is 2.00. The summed E-state index contributed by atoms with van der Waals surface area (Å²) < 4.78 is 5.15. The number of anilines is 2. The molecule has 17 heavy (non-hydrogen) atoms. The van der Waals surface area contributed by atoms with Gasteiger partial charge >= 0.3 is 0 Å². The van der Waals surface area contributed by atoms with Gasteiger partial charge < -0.3 is 20.9 Å². The van der Waals surface area contributed by atoms with Crippen molar-refractivity contribution in [1.29, 1.82) is 0 Å². The fraction of sp³-hybridized carbons (Fsp3) is 0.500. The molecule has 0 aliphatic rings. The summed E-state index contributed by atoms with van der Waals surface area (Å²) in [7, 11) is 1.61. The van der Waals surface area contributed by atoms with Crippen molar-refractivity contribution in [2.24, 2.45) is 0 Å². The number of thioether (sulfide) groups is 1. The fourth-order valence-corrected chi connectivity index (χ4v) is 2.14. The Morgan fingerprint density at radius 1 is 1.41 bits per heavy atom. The van der Waals surface area contributed by atoms with Crippen LogP contribution < -0.4 is 15.8 Å². The van der Waals surface area contributed by atoms with Crippen LogP contribution in [0.25, 0.3) is 0 Å². The zero-order chi connectivity index (χ0) is 12.5. The van der Waals surface area contributed by atoms with Crippen molar-refractivity contribution in [3.05, 3.63) is 18.2 Å². The van der Waals surface area contributed by atoms with E-state index in [1.54, 1.807) is 7.11 Å². The van der Waals surface area contributed by atoms with Crippen LogP contribution in [0.5, 0.6) is 5.75 Å². The van der Waals surface area contributed by atoms with Gasteiger partial charge in [0.15, 0.2) is 0 Å². The molecular formula is C12H20N2O2S. The number of aliphatic hydroxyl groups is 1. The molecule has 0 atom stereocenters. The number of nitrogens with one attached hydrogen (secondary N) is 1. The van der Waals surface area contributed by atoms with E-state index in [1.807, 2.05) is 30.0 Å². The first-order chi connectivity index (χ1) is 8.27. The summed E-state index contributed by atoms with van der Waals surface area (Å²) in [4.78, 5) is 0. The lowest BCUT2D eigenvalue weighted by atomic mass is 10.2. The van der Waals surface area contributed by atoms with Crippen LogP contribution in [0.3, 0.4) is 0 Å². The van der Waals surface area contributed by atoms with Crippen LogP contribution in [-0.4, -0.2) is 36.9 Å². The van der Waals surface area contributed by atoms with Crippen LogP contribution >= 0.6 is 11.8 Å². The lowest BCUT2D eigenvalue weighted by Gasteiger charge is -2.09. The maximum Gasteiger partial charge on any atom is 0.143 e. The Balaban J connectivity index is 2.27. The number of nitrogen functional groups attached to an aromatic ring is 1. The number of rotatable bonds is 8. The largest absolute Gasteiger partial charge is 0.495 e. The second-order valence-corrected chi connectivity index (χ2v) is 4.80. The highest BCUT2D eigenvalue weighted by atomic mass is 32.2. The number of ether oxygens (including phenoxy) is 1. The molecule has 0 heterocycles. The normalized spacial score (nSPS) is 10.2. The highest BCUT2D eigenvalue weighted by Crippen LogP contribution is 2.24. The molecule has 1 aromatic carbocycles. The van der Waals surface area contributed by atoms with Crippen LogP contribution in [0.4, 0.5) is 11.4 Å². The highest BCUT2D eigenvalue weighted by molar-refractivity contribution is 7.99. The van der Waals surface area contributed by atoms with Gasteiger partial charge in [-0.1, -0.05) is 0 Å². The van der Waals surface area contributed by atoms with E-state index in [0.29, 0.717) is 11.4 Å². The van der Waals surface area contributed by atoms with E-state index in [9.17, 15) is 0 Å². The molecule has 4 nitrogen and oxygen atoms in total. The number of hydrogen-bond donors (Lipinski definition) is 3. The minimum absolute atomic E-state index is 0.273. The quantitative estimate of drug-likeness (QED) is 0.489. The molecule has 1 aromatic rings. The van der Waals surface area contributed by atoms with Crippen molar-refractivity contribution >= 4 is 23.1 Å². The second kappa shape index (κ2) is 8.08. The predicted molar refractivity (Wildman–Crippen MR) is 74.9 cm³/mol. The first-order valence-corrected chi connectivity index (χ1v) is 6.79. The first kappa shape index (κ1) is 14.0. The van der Waals surface area contributed by atoms with Gasteiger partial charge in [0.1, 0.15) is 5.75 Å². The third kappa shape index (κ3) is 5.19. The second-order valence-electron chi connectivity index (χ2n) is 3.57. The van der Waals surface area contributed by atoms with E-state index in [1.165, 1.54) is 0 Å². The Morgan fingerprint density at radius 2 is 2.24 bits per heavy atom. The van der Waals surface area contributed by atoms with Gasteiger partial charge in [-0.25, -0.2) is 0 Å². The predicted octanol–water partition coefficient (Wildman–Crippen LogP) is 1.80. The van der Waals surface area contributed by atoms with Crippen molar-refractivity contribution in [3.63, 3.8) is 0 Å². The molecule has 0 radical (unpaired) electrons. The molecule has 0 spiro atoms. The first-order valence-electron chi connectivity index (χ1n) is 5.64. The van der Waals surface area contributed by atoms with Gasteiger partial charge in [-0.2, -0.15) is 11.8 Å². The van der Waals surface area contributed by atoms with Crippen LogP contribution in [0.15, 0.2) is 18.2 Å². The molecule has 0 unspecified atom stereocenters. The van der Waals surface area contributed by atoms with E-state index in [-0.39, 0.29) is 6.61 Å². The third-order valence-electron chi connectivity index (χ3n) is 2.26. The molecule has 0 bridgehead atoms. The summed E-state index contributed by atoms with van der Waals surface area (Å²) in [6.07, 6.45) is 0.861. The summed E-state index contributed by atoms with van der Waals surface area (Å²) >= 11 is 1.83. The summed E-state index contributed by atoms with van der Waals surface area (Å²) in [5, 5.41) is 11.9. The average molecular weight is 256 g/mol. The maximum absolute atomic E-state index is 8.63. The molecule has 0 aliphatic heterocycles. The van der Waals surface area contributed by atoms with Crippen molar-refractivity contribution < 1.29 is 9.84 Å². The van der Waals surface area contributed by atoms with Gasteiger partial charge in [0.05, 0.1) is 12.8 Å². The van der Waals surface area contributed by atoms with E-state index >= 15 is 0 Å². The summed E-state index contributed by atoms with van der Waals surface area (Å²) in [6, 6.07) is 5.67. The van der Waals surface area contributed by atoms with Crippen molar-refractivity contribution in [1.82, 2.24) is 0 Å². The van der Waals surface area contributed by atoms with Crippen LogP contribution in [-0.2, 0) is 0 Å². The lowest BCUT2D eigenvalue weighted by molar-refractivity contribution is 0.296. The number of hydrogen-bond acceptors (Lipinski definition) is 5. The number of methoxy groups -OCH3 is 1. The summed E-state index contributed by atoms with van der Waals surface area (Å²) in [5.74, 6) is 2.72. The monoisotopic (exact) mass is 256 g/mol. The molecule has 5 heteroatoms.